The zero-order valence-corrected chi connectivity index (χ0v) is 3.02. The maximum Gasteiger partial charge on any atom is 0.507 e. The fourth-order valence-corrected chi connectivity index (χ4v) is 0. The molecule has 0 aliphatic heterocycles. The van der Waals surface area contributed by atoms with E-state index < -0.39 is 7.91 Å². The molecule has 0 aromatic carbocycles. The van der Waals surface area contributed by atoms with Crippen LogP contribution < -0.4 is 0 Å². The van der Waals surface area contributed by atoms with Crippen molar-refractivity contribution in [3.05, 3.63) is 0 Å². The first-order chi connectivity index (χ1) is 2.00. The number of hydrogen-bond acceptors (Lipinski definition) is 1. The molecular weight excluding hydrogens is 98.0 g/mol. The maximum atomic E-state index is 10.4. The van der Waals surface area contributed by atoms with E-state index in [9.17, 15) is 4.20 Å². The maximum absolute atomic E-state index is 10.4. The summed E-state index contributed by atoms with van der Waals surface area (Å²) in [5.41, 5.74) is 0. The van der Waals surface area contributed by atoms with Crippen LogP contribution in [0.4, 0.5) is 4.20 Å². The van der Waals surface area contributed by atoms with Crippen molar-refractivity contribution >= 4 is 7.91 Å². The van der Waals surface area contributed by atoms with Crippen molar-refractivity contribution in [3.63, 3.8) is 0 Å². The molecule has 0 bridgehead atoms. The normalized spacial score (nSPS) is 11.8. The molecule has 0 unspecified atom stereocenters. The minimum Gasteiger partial charge on any atom is -0.299 e. The second-order valence-electron chi connectivity index (χ2n) is 0.473. The Labute approximate surface area is 27.7 Å². The fraction of sp³-hybridized carbons (Fsp3) is 0. The number of hydrogen-bond donors (Lipinski definition) is 2. The van der Waals surface area contributed by atoms with E-state index in [-0.39, 0.29) is 0 Å². The second kappa shape index (κ2) is 1.05. The first-order valence-corrected chi connectivity index (χ1v) is 2.25. The van der Waals surface area contributed by atoms with Gasteiger partial charge in [0.25, 0.3) is 0 Å². The lowest BCUT2D eigenvalue weighted by molar-refractivity contribution is 0.322. The molecule has 0 aromatic heterocycles. The van der Waals surface area contributed by atoms with Crippen LogP contribution in [-0.2, 0) is 4.57 Å². The average Bonchev–Trinajstić information content (AvgIpc) is 0.722. The lowest BCUT2D eigenvalue weighted by Gasteiger charge is -1.77. The van der Waals surface area contributed by atoms with Crippen LogP contribution in [0.15, 0.2) is 0 Å². The summed E-state index contributed by atoms with van der Waals surface area (Å²) in [4.78, 5) is 13.9. The molecule has 0 fully saturated rings. The standard InChI is InChI=1S/FH2O3P/c1-5(2,3)4/h(H2,2,3,4). The largest absolute Gasteiger partial charge is 0.507 e. The molecule has 0 saturated carbocycles. The fourth-order valence-electron chi connectivity index (χ4n) is 0. The summed E-state index contributed by atoms with van der Waals surface area (Å²) in [5, 5.41) is 0. The van der Waals surface area contributed by atoms with Gasteiger partial charge in [-0.2, -0.15) is 0 Å². The van der Waals surface area contributed by atoms with Crippen LogP contribution >= 0.6 is 7.91 Å². The zero-order chi connectivity index (χ0) is 4.50. The Hall–Kier alpha value is 0.0800. The molecule has 0 spiro atoms. The molecule has 0 aromatic rings. The van der Waals surface area contributed by atoms with E-state index >= 15 is 0 Å². The first-order valence-electron chi connectivity index (χ1n) is 0.752. The summed E-state index contributed by atoms with van der Waals surface area (Å²) in [7, 11) is -5.14. The van der Waals surface area contributed by atoms with Crippen molar-refractivity contribution in [1.82, 2.24) is 0 Å². The molecule has 0 aliphatic rings. The van der Waals surface area contributed by atoms with Gasteiger partial charge in [-0.05, 0) is 0 Å². The number of rotatable bonds is 0. The molecular formula is H2FO3P. The highest BCUT2D eigenvalue weighted by molar-refractivity contribution is 7.45. The van der Waals surface area contributed by atoms with Gasteiger partial charge in [0.15, 0.2) is 0 Å². The van der Waals surface area contributed by atoms with Crippen molar-refractivity contribution in [3.8, 4) is 0 Å². The molecule has 5 heteroatoms. The van der Waals surface area contributed by atoms with Crippen LogP contribution in [0.2, 0.25) is 0 Å². The molecule has 0 heterocycles. The van der Waals surface area contributed by atoms with E-state index in [1.807, 2.05) is 0 Å². The van der Waals surface area contributed by atoms with Gasteiger partial charge in [0, 0.05) is 0 Å². The Morgan fingerprint density at radius 2 is 1.60 bits per heavy atom. The smallest absolute Gasteiger partial charge is 0.299 e. The molecule has 0 rings (SSSR count). The van der Waals surface area contributed by atoms with Crippen molar-refractivity contribution in [2.24, 2.45) is 0 Å². The van der Waals surface area contributed by atoms with E-state index in [1.54, 1.807) is 0 Å². The number of halogens is 1. The third-order valence-electron chi connectivity index (χ3n) is 0. The topological polar surface area (TPSA) is 57.5 Å². The lowest BCUT2D eigenvalue weighted by Crippen LogP contribution is -1.56. The predicted octanol–water partition coefficient (Wildman–Crippen LogP) is 0.0486. The molecule has 2 N–H and O–H groups in total. The molecule has 0 amide bonds. The summed E-state index contributed by atoms with van der Waals surface area (Å²) in [6.45, 7) is 0. The summed E-state index contributed by atoms with van der Waals surface area (Å²) < 4.78 is 19.0. The predicted molar refractivity (Wildman–Crippen MR) is 13.2 cm³/mol. The van der Waals surface area contributed by atoms with Crippen LogP contribution in [0.5, 0.6) is 0 Å². The van der Waals surface area contributed by atoms with Gasteiger partial charge in [-0.1, -0.05) is 0 Å². The Morgan fingerprint density at radius 3 is 1.60 bits per heavy atom. The van der Waals surface area contributed by atoms with Crippen LogP contribution in [0.3, 0.4) is 0 Å². The zero-order valence-electron chi connectivity index (χ0n) is 2.13. The van der Waals surface area contributed by atoms with Gasteiger partial charge in [0.05, 0.1) is 0 Å². The van der Waals surface area contributed by atoms with Crippen LogP contribution in [-0.4, -0.2) is 9.79 Å². The Kier molecular flexibility index (Phi) is 1.06. The van der Waals surface area contributed by atoms with Gasteiger partial charge in [-0.25, -0.2) is 4.57 Å². The molecule has 0 saturated heterocycles. The minimum atomic E-state index is -5.14. The third-order valence-corrected chi connectivity index (χ3v) is 0. The van der Waals surface area contributed by atoms with Gasteiger partial charge in [0.1, 0.15) is 0 Å². The van der Waals surface area contributed by atoms with E-state index in [0.29, 0.717) is 0 Å². The van der Waals surface area contributed by atoms with E-state index in [1.165, 1.54) is 0 Å². The highest BCUT2D eigenvalue weighted by Crippen LogP contribution is 2.34. The van der Waals surface area contributed by atoms with Gasteiger partial charge >= 0.3 is 7.91 Å². The average molecular weight is 100.0 g/mol. The molecule has 0 aliphatic carbocycles. The summed E-state index contributed by atoms with van der Waals surface area (Å²) in [6, 6.07) is 0. The van der Waals surface area contributed by atoms with E-state index in [4.69, 9.17) is 14.4 Å². The van der Waals surface area contributed by atoms with Crippen LogP contribution in [0.25, 0.3) is 0 Å². The summed E-state index contributed by atoms with van der Waals surface area (Å²) >= 11 is 0. The molecule has 3 nitrogen and oxygen atoms in total. The SMILES string of the molecule is O=P(O)(O)F. The molecule has 0 atom stereocenters. The molecule has 5 heavy (non-hydrogen) atoms. The quantitative estimate of drug-likeness (QED) is 0.423. The van der Waals surface area contributed by atoms with Crippen LogP contribution in [0, 0.1) is 0 Å². The van der Waals surface area contributed by atoms with E-state index in [2.05, 4.69) is 0 Å². The van der Waals surface area contributed by atoms with Gasteiger partial charge in [0.2, 0.25) is 0 Å². The van der Waals surface area contributed by atoms with Crippen molar-refractivity contribution in [2.45, 2.75) is 0 Å². The Morgan fingerprint density at radius 1 is 1.60 bits per heavy atom. The minimum absolute atomic E-state index is 5.14. The van der Waals surface area contributed by atoms with Crippen molar-refractivity contribution in [1.29, 1.82) is 0 Å². The van der Waals surface area contributed by atoms with Crippen molar-refractivity contribution < 1.29 is 18.5 Å². The first kappa shape index (κ1) is 5.08. The van der Waals surface area contributed by atoms with Gasteiger partial charge in [-0.15, -0.1) is 4.20 Å². The molecule has 32 valence electrons. The Bertz CT molecular complexity index is 53.0. The second-order valence-corrected chi connectivity index (χ2v) is 1.42. The highest BCUT2D eigenvalue weighted by Gasteiger charge is 2.04. The highest BCUT2D eigenvalue weighted by atomic mass is 31.2. The lowest BCUT2D eigenvalue weighted by atomic mass is 15.8. The summed E-state index contributed by atoms with van der Waals surface area (Å²) in [6.07, 6.45) is 0. The summed E-state index contributed by atoms with van der Waals surface area (Å²) in [5.74, 6) is 0. The van der Waals surface area contributed by atoms with Crippen LogP contribution in [0.1, 0.15) is 0 Å². The van der Waals surface area contributed by atoms with Gasteiger partial charge in [-0.3, -0.25) is 9.79 Å². The third kappa shape index (κ3) is 2760. The molecule has 0 radical (unpaired) electrons. The van der Waals surface area contributed by atoms with Crippen molar-refractivity contribution in [2.75, 3.05) is 0 Å². The monoisotopic (exact) mass is 100.0 g/mol. The Balaban J connectivity index is 3.47. The van der Waals surface area contributed by atoms with Gasteiger partial charge < -0.3 is 0 Å². The van der Waals surface area contributed by atoms with E-state index in [0.717, 1.165) is 0 Å².